The molecule has 5 aromatic rings. The van der Waals surface area contributed by atoms with E-state index in [1.54, 1.807) is 30.5 Å². The van der Waals surface area contributed by atoms with E-state index >= 15 is 0 Å². The van der Waals surface area contributed by atoms with Gasteiger partial charge in [0, 0.05) is 28.0 Å². The summed E-state index contributed by atoms with van der Waals surface area (Å²) < 4.78 is 30.3. The van der Waals surface area contributed by atoms with Crippen molar-refractivity contribution >= 4 is 27.7 Å². The lowest BCUT2D eigenvalue weighted by Crippen LogP contribution is -2.39. The van der Waals surface area contributed by atoms with Gasteiger partial charge in [0.05, 0.1) is 50.8 Å². The molecule has 3 aromatic carbocycles. The van der Waals surface area contributed by atoms with Crippen LogP contribution in [0.25, 0.3) is 33.1 Å². The van der Waals surface area contributed by atoms with E-state index in [-0.39, 0.29) is 18.3 Å². The molecule has 200 valence electrons. The summed E-state index contributed by atoms with van der Waals surface area (Å²) in [6.07, 6.45) is 2.08. The number of fused-ring (bicyclic) bond motifs is 2. The third-order valence-corrected chi connectivity index (χ3v) is 6.67. The Morgan fingerprint density at radius 2 is 1.74 bits per heavy atom. The van der Waals surface area contributed by atoms with E-state index < -0.39 is 6.04 Å². The van der Waals surface area contributed by atoms with E-state index in [4.69, 9.17) is 19.2 Å². The summed E-state index contributed by atoms with van der Waals surface area (Å²) in [5, 5.41) is 14.4. The van der Waals surface area contributed by atoms with Gasteiger partial charge in [-0.3, -0.25) is 4.79 Å². The lowest BCUT2D eigenvalue weighted by Gasteiger charge is -2.18. The molecule has 0 aliphatic heterocycles. The van der Waals surface area contributed by atoms with E-state index in [1.807, 2.05) is 24.3 Å². The van der Waals surface area contributed by atoms with E-state index in [0.717, 1.165) is 11.1 Å². The molecule has 0 unspecified atom stereocenters. The van der Waals surface area contributed by atoms with Crippen LogP contribution in [0.4, 0.5) is 4.39 Å². The molecule has 39 heavy (non-hydrogen) atoms. The molecule has 0 aliphatic carbocycles. The predicted octanol–water partition coefficient (Wildman–Crippen LogP) is 4.88. The predicted molar refractivity (Wildman–Crippen MR) is 147 cm³/mol. The Balaban J connectivity index is 1.51. The number of para-hydroxylation sites is 1. The maximum atomic E-state index is 13.8. The summed E-state index contributed by atoms with van der Waals surface area (Å²) in [5.74, 6) is 0.653. The van der Waals surface area contributed by atoms with Crippen LogP contribution in [-0.2, 0) is 6.42 Å². The first-order chi connectivity index (χ1) is 18.9. The minimum Gasteiger partial charge on any atom is -0.493 e. The van der Waals surface area contributed by atoms with E-state index in [1.165, 1.54) is 33.5 Å². The van der Waals surface area contributed by atoms with Crippen molar-refractivity contribution in [2.24, 2.45) is 0 Å². The molecule has 5 rings (SSSR count). The largest absolute Gasteiger partial charge is 0.493 e. The number of hydrogen-bond acceptors (Lipinski definition) is 6. The van der Waals surface area contributed by atoms with Gasteiger partial charge in [0.15, 0.2) is 11.5 Å². The number of hydrogen-bond donors (Lipinski definition) is 3. The van der Waals surface area contributed by atoms with Crippen LogP contribution < -0.4 is 19.5 Å². The van der Waals surface area contributed by atoms with Crippen molar-refractivity contribution in [3.8, 4) is 28.5 Å². The molecule has 3 N–H and O–H groups in total. The Kier molecular flexibility index (Phi) is 7.33. The Morgan fingerprint density at radius 1 is 1.00 bits per heavy atom. The highest BCUT2D eigenvalue weighted by Crippen LogP contribution is 2.41. The normalized spacial score (nSPS) is 11.9. The molecule has 1 amide bonds. The number of aliphatic hydroxyl groups is 1. The van der Waals surface area contributed by atoms with Crippen molar-refractivity contribution in [3.63, 3.8) is 0 Å². The number of ether oxygens (including phenoxy) is 3. The molecule has 0 spiro atoms. The molecule has 1 atom stereocenters. The average molecular weight is 530 g/mol. The minimum absolute atomic E-state index is 0.295. The van der Waals surface area contributed by atoms with Gasteiger partial charge in [-0.1, -0.05) is 18.2 Å². The minimum atomic E-state index is -0.601. The number of amides is 1. The molecule has 2 heterocycles. The Bertz CT molecular complexity index is 1640. The number of carbonyl (C=O) groups is 1. The quantitative estimate of drug-likeness (QED) is 0.251. The molecule has 8 nitrogen and oxygen atoms in total. The van der Waals surface area contributed by atoms with Crippen molar-refractivity contribution in [2.45, 2.75) is 12.5 Å². The number of halogens is 1. The molecule has 0 saturated heterocycles. The zero-order valence-corrected chi connectivity index (χ0v) is 21.7. The summed E-state index contributed by atoms with van der Waals surface area (Å²) in [5.41, 5.74) is 3.80. The molecule has 0 fully saturated rings. The van der Waals surface area contributed by atoms with Gasteiger partial charge in [0.2, 0.25) is 5.75 Å². The summed E-state index contributed by atoms with van der Waals surface area (Å²) >= 11 is 0. The van der Waals surface area contributed by atoms with E-state index in [9.17, 15) is 14.3 Å². The van der Waals surface area contributed by atoms with Crippen molar-refractivity contribution < 1.29 is 28.5 Å². The molecule has 0 saturated carbocycles. The van der Waals surface area contributed by atoms with Crippen LogP contribution in [0.2, 0.25) is 0 Å². The maximum absolute atomic E-state index is 13.8. The standard InChI is InChI=1S/C30H28FN3O5/c1-37-27-11-17(12-28(38-2)29(27)39-3)26-14-23(21-6-4-5-7-25(21)34-26)30(36)33-20(16-35)10-18-15-32-24-9-8-19(31)13-22(18)24/h4-9,11-15,20,32,35H,10,16H2,1-3H3,(H,33,36)/t20-/m1/s1. The van der Waals surface area contributed by atoms with E-state index in [2.05, 4.69) is 10.3 Å². The first-order valence-electron chi connectivity index (χ1n) is 12.3. The summed E-state index contributed by atoms with van der Waals surface area (Å²) in [6.45, 7) is -0.295. The third-order valence-electron chi connectivity index (χ3n) is 6.67. The number of rotatable bonds is 9. The molecule has 0 bridgehead atoms. The number of benzene rings is 3. The number of aliphatic hydroxyl groups excluding tert-OH is 1. The fourth-order valence-electron chi connectivity index (χ4n) is 4.75. The smallest absolute Gasteiger partial charge is 0.252 e. The van der Waals surface area contributed by atoms with Crippen LogP contribution in [0.5, 0.6) is 17.2 Å². The van der Waals surface area contributed by atoms with Gasteiger partial charge in [0.25, 0.3) is 5.91 Å². The number of nitrogens with one attached hydrogen (secondary N) is 2. The second kappa shape index (κ2) is 11.0. The van der Waals surface area contributed by atoms with Crippen LogP contribution in [0.1, 0.15) is 15.9 Å². The summed E-state index contributed by atoms with van der Waals surface area (Å²) in [6, 6.07) is 16.5. The Labute approximate surface area is 224 Å². The monoisotopic (exact) mass is 529 g/mol. The van der Waals surface area contributed by atoms with Gasteiger partial charge in [0.1, 0.15) is 5.82 Å². The van der Waals surface area contributed by atoms with Crippen molar-refractivity contribution in [1.29, 1.82) is 0 Å². The van der Waals surface area contributed by atoms with Crippen LogP contribution >= 0.6 is 0 Å². The SMILES string of the molecule is COc1cc(-c2cc(C(=O)N[C@@H](CO)Cc3c[nH]c4ccc(F)cc34)c3ccccc3n2)cc(OC)c1OC. The number of nitrogens with zero attached hydrogens (tertiary/aromatic N) is 1. The van der Waals surface area contributed by atoms with Gasteiger partial charge in [-0.2, -0.15) is 0 Å². The van der Waals surface area contributed by atoms with Crippen molar-refractivity contribution in [3.05, 3.63) is 83.8 Å². The number of carbonyl (C=O) groups excluding carboxylic acids is 1. The van der Waals surface area contributed by atoms with Crippen molar-refractivity contribution in [1.82, 2.24) is 15.3 Å². The highest BCUT2D eigenvalue weighted by atomic mass is 19.1. The number of H-pyrrole nitrogens is 1. The van der Waals surface area contributed by atoms with Crippen LogP contribution in [0, 0.1) is 5.82 Å². The molecule has 0 radical (unpaired) electrons. The van der Waals surface area contributed by atoms with Crippen molar-refractivity contribution in [2.75, 3.05) is 27.9 Å². The zero-order valence-electron chi connectivity index (χ0n) is 21.7. The second-order valence-corrected chi connectivity index (χ2v) is 9.05. The third kappa shape index (κ3) is 5.08. The topological polar surface area (TPSA) is 106 Å². The van der Waals surface area contributed by atoms with Gasteiger partial charge in [-0.15, -0.1) is 0 Å². The lowest BCUT2D eigenvalue weighted by molar-refractivity contribution is 0.0918. The molecule has 0 aliphatic rings. The highest BCUT2D eigenvalue weighted by molar-refractivity contribution is 6.07. The summed E-state index contributed by atoms with van der Waals surface area (Å²) in [7, 11) is 4.59. The van der Waals surface area contributed by atoms with E-state index in [0.29, 0.717) is 56.8 Å². The molecule has 2 aromatic heterocycles. The number of pyridine rings is 1. The Morgan fingerprint density at radius 3 is 2.44 bits per heavy atom. The van der Waals surface area contributed by atoms with Crippen LogP contribution in [0.15, 0.2) is 66.9 Å². The fraction of sp³-hybridized carbons (Fsp3) is 0.200. The molecule has 9 heteroatoms. The summed E-state index contributed by atoms with van der Waals surface area (Å²) in [4.78, 5) is 21.5. The molecular weight excluding hydrogens is 501 g/mol. The Hall–Kier alpha value is -4.63. The number of aromatic amines is 1. The number of methoxy groups -OCH3 is 3. The van der Waals surface area contributed by atoms with Crippen LogP contribution in [-0.4, -0.2) is 55.0 Å². The first kappa shape index (κ1) is 26.0. The maximum Gasteiger partial charge on any atom is 0.252 e. The van der Waals surface area contributed by atoms with Gasteiger partial charge in [-0.05, 0) is 54.4 Å². The van der Waals surface area contributed by atoms with Gasteiger partial charge >= 0.3 is 0 Å². The van der Waals surface area contributed by atoms with Crippen LogP contribution in [0.3, 0.4) is 0 Å². The van der Waals surface area contributed by atoms with Gasteiger partial charge in [-0.25, -0.2) is 9.37 Å². The fourth-order valence-corrected chi connectivity index (χ4v) is 4.75. The zero-order chi connectivity index (χ0) is 27.5. The second-order valence-electron chi connectivity index (χ2n) is 9.05. The molecular formula is C30H28FN3O5. The highest BCUT2D eigenvalue weighted by Gasteiger charge is 2.21. The average Bonchev–Trinajstić information content (AvgIpc) is 3.36. The first-order valence-corrected chi connectivity index (χ1v) is 12.3. The lowest BCUT2D eigenvalue weighted by atomic mass is 10.0. The van der Waals surface area contributed by atoms with Gasteiger partial charge < -0.3 is 29.6 Å². The number of aromatic nitrogens is 2.